The van der Waals surface area contributed by atoms with E-state index in [0.717, 1.165) is 24.6 Å². The molecular weight excluding hydrogens is 248 g/mol. The van der Waals surface area contributed by atoms with Crippen LogP contribution in [-0.2, 0) is 5.54 Å². The molecule has 2 N–H and O–H groups in total. The van der Waals surface area contributed by atoms with E-state index >= 15 is 0 Å². The standard InChI is InChI=1S/C14H13F2N3/c1-8-6-12(10-3-2-9(15)7-11(10)16)19-13(18-8)14(17)4-5-14/h2-3,6-7H,4-5,17H2,1H3. The maximum Gasteiger partial charge on any atom is 0.149 e. The van der Waals surface area contributed by atoms with Crippen LogP contribution in [0.4, 0.5) is 8.78 Å². The molecule has 1 aromatic carbocycles. The van der Waals surface area contributed by atoms with Crippen LogP contribution in [0.25, 0.3) is 11.3 Å². The molecule has 0 unspecified atom stereocenters. The third-order valence-electron chi connectivity index (χ3n) is 3.30. The van der Waals surface area contributed by atoms with Gasteiger partial charge in [-0.2, -0.15) is 0 Å². The van der Waals surface area contributed by atoms with E-state index in [4.69, 9.17) is 5.73 Å². The van der Waals surface area contributed by atoms with E-state index in [0.29, 0.717) is 11.5 Å². The monoisotopic (exact) mass is 261 g/mol. The van der Waals surface area contributed by atoms with E-state index in [1.165, 1.54) is 12.1 Å². The summed E-state index contributed by atoms with van der Waals surface area (Å²) in [4.78, 5) is 8.64. The van der Waals surface area contributed by atoms with Crippen molar-refractivity contribution in [2.45, 2.75) is 25.3 Å². The normalized spacial score (nSPS) is 16.4. The summed E-state index contributed by atoms with van der Waals surface area (Å²) in [6.45, 7) is 1.81. The summed E-state index contributed by atoms with van der Waals surface area (Å²) >= 11 is 0. The smallest absolute Gasteiger partial charge is 0.149 e. The first-order valence-corrected chi connectivity index (χ1v) is 6.08. The molecule has 0 aliphatic heterocycles. The molecule has 1 heterocycles. The highest BCUT2D eigenvalue weighted by atomic mass is 19.1. The Balaban J connectivity index is 2.12. The number of aryl methyl sites for hydroxylation is 1. The van der Waals surface area contributed by atoms with E-state index in [2.05, 4.69) is 9.97 Å². The molecule has 98 valence electrons. The van der Waals surface area contributed by atoms with Crippen molar-refractivity contribution in [1.29, 1.82) is 0 Å². The van der Waals surface area contributed by atoms with Crippen LogP contribution in [0.2, 0.25) is 0 Å². The number of hydrogen-bond acceptors (Lipinski definition) is 3. The summed E-state index contributed by atoms with van der Waals surface area (Å²) in [7, 11) is 0. The second-order valence-electron chi connectivity index (χ2n) is 5.00. The first-order valence-electron chi connectivity index (χ1n) is 6.08. The van der Waals surface area contributed by atoms with E-state index in [-0.39, 0.29) is 5.56 Å². The molecule has 0 bridgehead atoms. The molecule has 0 saturated heterocycles. The van der Waals surface area contributed by atoms with Gasteiger partial charge >= 0.3 is 0 Å². The molecule has 1 fully saturated rings. The molecule has 0 amide bonds. The van der Waals surface area contributed by atoms with E-state index in [1.807, 2.05) is 6.92 Å². The van der Waals surface area contributed by atoms with Crippen LogP contribution in [0.1, 0.15) is 24.4 Å². The fraction of sp³-hybridized carbons (Fsp3) is 0.286. The lowest BCUT2D eigenvalue weighted by Crippen LogP contribution is -2.22. The third kappa shape index (κ3) is 2.21. The van der Waals surface area contributed by atoms with Crippen molar-refractivity contribution in [3.05, 3.63) is 47.4 Å². The SMILES string of the molecule is Cc1cc(-c2ccc(F)cc2F)nc(C2(N)CC2)n1. The lowest BCUT2D eigenvalue weighted by atomic mass is 10.1. The average Bonchev–Trinajstić information content (AvgIpc) is 3.08. The van der Waals surface area contributed by atoms with Crippen molar-refractivity contribution in [1.82, 2.24) is 9.97 Å². The van der Waals surface area contributed by atoms with Crippen LogP contribution in [0.5, 0.6) is 0 Å². The number of halogens is 2. The zero-order valence-electron chi connectivity index (χ0n) is 10.5. The molecule has 1 aliphatic rings. The van der Waals surface area contributed by atoms with E-state index in [9.17, 15) is 8.78 Å². The maximum atomic E-state index is 13.8. The fourth-order valence-corrected chi connectivity index (χ4v) is 1.98. The third-order valence-corrected chi connectivity index (χ3v) is 3.30. The Labute approximate surface area is 109 Å². The van der Waals surface area contributed by atoms with Crippen LogP contribution in [0.3, 0.4) is 0 Å². The van der Waals surface area contributed by atoms with Crippen LogP contribution >= 0.6 is 0 Å². The van der Waals surface area contributed by atoms with Gasteiger partial charge in [0.25, 0.3) is 0 Å². The Bertz CT molecular complexity index is 651. The molecule has 2 aromatic rings. The molecule has 3 nitrogen and oxygen atoms in total. The number of rotatable bonds is 2. The summed E-state index contributed by atoms with van der Waals surface area (Å²) in [5.41, 5.74) is 7.02. The van der Waals surface area contributed by atoms with Crippen molar-refractivity contribution >= 4 is 0 Å². The molecule has 1 aromatic heterocycles. The first-order chi connectivity index (χ1) is 8.98. The summed E-state index contributed by atoms with van der Waals surface area (Å²) in [5.74, 6) is -0.707. The zero-order valence-corrected chi connectivity index (χ0v) is 10.5. The van der Waals surface area contributed by atoms with Crippen molar-refractivity contribution < 1.29 is 8.78 Å². The van der Waals surface area contributed by atoms with Crippen LogP contribution in [-0.4, -0.2) is 9.97 Å². The predicted octanol–water partition coefficient (Wildman–Crippen LogP) is 2.68. The molecule has 0 atom stereocenters. The number of nitrogens with zero attached hydrogens (tertiary/aromatic N) is 2. The maximum absolute atomic E-state index is 13.8. The van der Waals surface area contributed by atoms with Crippen molar-refractivity contribution in [2.24, 2.45) is 5.73 Å². The van der Waals surface area contributed by atoms with Crippen LogP contribution in [0.15, 0.2) is 24.3 Å². The van der Waals surface area contributed by atoms with Crippen molar-refractivity contribution in [3.63, 3.8) is 0 Å². The lowest BCUT2D eigenvalue weighted by Gasteiger charge is -2.11. The van der Waals surface area contributed by atoms with Gasteiger partial charge in [0, 0.05) is 17.3 Å². The zero-order chi connectivity index (χ0) is 13.6. The fourth-order valence-electron chi connectivity index (χ4n) is 1.98. The quantitative estimate of drug-likeness (QED) is 0.904. The molecule has 1 saturated carbocycles. The molecule has 5 heteroatoms. The Morgan fingerprint density at radius 2 is 1.89 bits per heavy atom. The van der Waals surface area contributed by atoms with E-state index < -0.39 is 17.2 Å². The van der Waals surface area contributed by atoms with Gasteiger partial charge in [0.05, 0.1) is 11.2 Å². The van der Waals surface area contributed by atoms with Gasteiger partial charge in [0.1, 0.15) is 17.5 Å². The largest absolute Gasteiger partial charge is 0.319 e. The molecule has 0 radical (unpaired) electrons. The Morgan fingerprint density at radius 1 is 1.16 bits per heavy atom. The summed E-state index contributed by atoms with van der Waals surface area (Å²) in [6, 6.07) is 5.12. The highest BCUT2D eigenvalue weighted by Gasteiger charge is 2.43. The second kappa shape index (κ2) is 4.06. The van der Waals surface area contributed by atoms with Gasteiger partial charge in [-0.3, -0.25) is 0 Å². The molecule has 0 spiro atoms. The van der Waals surface area contributed by atoms with Gasteiger partial charge in [-0.1, -0.05) is 0 Å². The molecular formula is C14H13F2N3. The summed E-state index contributed by atoms with van der Waals surface area (Å²) in [5, 5.41) is 0. The minimum atomic E-state index is -0.633. The number of benzene rings is 1. The number of nitrogens with two attached hydrogens (primary N) is 1. The van der Waals surface area contributed by atoms with Gasteiger partial charge in [-0.25, -0.2) is 18.7 Å². The minimum absolute atomic E-state index is 0.261. The van der Waals surface area contributed by atoms with Gasteiger partial charge in [0.2, 0.25) is 0 Å². The van der Waals surface area contributed by atoms with Gasteiger partial charge in [-0.15, -0.1) is 0 Å². The summed E-state index contributed by atoms with van der Waals surface area (Å²) < 4.78 is 26.7. The van der Waals surface area contributed by atoms with Crippen molar-refractivity contribution in [3.8, 4) is 11.3 Å². The van der Waals surface area contributed by atoms with Crippen LogP contribution < -0.4 is 5.73 Å². The topological polar surface area (TPSA) is 51.8 Å². The second-order valence-corrected chi connectivity index (χ2v) is 5.00. The Kier molecular flexibility index (Phi) is 2.60. The van der Waals surface area contributed by atoms with Crippen LogP contribution in [0, 0.1) is 18.6 Å². The minimum Gasteiger partial charge on any atom is -0.319 e. The Hall–Kier alpha value is -1.88. The number of aromatic nitrogens is 2. The van der Waals surface area contributed by atoms with Crippen molar-refractivity contribution in [2.75, 3.05) is 0 Å². The Morgan fingerprint density at radius 3 is 2.53 bits per heavy atom. The van der Waals surface area contributed by atoms with Gasteiger partial charge < -0.3 is 5.73 Å². The highest BCUT2D eigenvalue weighted by molar-refractivity contribution is 5.60. The summed E-state index contributed by atoms with van der Waals surface area (Å²) in [6.07, 6.45) is 1.67. The first kappa shape index (κ1) is 12.2. The average molecular weight is 261 g/mol. The number of hydrogen-bond donors (Lipinski definition) is 1. The van der Waals surface area contributed by atoms with Gasteiger partial charge in [-0.05, 0) is 38.0 Å². The molecule has 19 heavy (non-hydrogen) atoms. The predicted molar refractivity (Wildman–Crippen MR) is 67.2 cm³/mol. The lowest BCUT2D eigenvalue weighted by molar-refractivity contribution is 0.584. The highest BCUT2D eigenvalue weighted by Crippen LogP contribution is 2.41. The van der Waals surface area contributed by atoms with E-state index in [1.54, 1.807) is 6.07 Å². The van der Waals surface area contributed by atoms with Gasteiger partial charge in [0.15, 0.2) is 0 Å². The molecule has 3 rings (SSSR count). The molecule has 1 aliphatic carbocycles.